The Morgan fingerprint density at radius 2 is 1.88 bits per heavy atom. The number of halogens is 4. The van der Waals surface area contributed by atoms with Crippen LogP contribution in [-0.2, 0) is 16.8 Å². The molecule has 0 bridgehead atoms. The third-order valence-electron chi connectivity index (χ3n) is 4.58. The van der Waals surface area contributed by atoms with Crippen LogP contribution >= 0.6 is 0 Å². The van der Waals surface area contributed by atoms with Gasteiger partial charge in [-0.05, 0) is 42.7 Å². The number of aromatic nitrogens is 1. The predicted molar refractivity (Wildman–Crippen MR) is 87.0 cm³/mol. The molecule has 138 valence electrons. The minimum absolute atomic E-state index is 0.202. The fourth-order valence-electron chi connectivity index (χ4n) is 3.00. The van der Waals surface area contributed by atoms with Crippen molar-refractivity contribution in [3.63, 3.8) is 0 Å². The van der Waals surface area contributed by atoms with E-state index in [0.717, 1.165) is 18.3 Å². The molecule has 1 amide bonds. The molecule has 1 aromatic carbocycles. The van der Waals surface area contributed by atoms with Crippen molar-refractivity contribution in [2.75, 3.05) is 11.4 Å². The average Bonchev–Trinajstić information content (AvgIpc) is 2.98. The molecule has 0 radical (unpaired) electrons. The van der Waals surface area contributed by atoms with Crippen molar-refractivity contribution in [3.05, 3.63) is 47.5 Å². The lowest BCUT2D eigenvalue weighted by Crippen LogP contribution is -2.39. The number of hydrogen-bond acceptors (Lipinski definition) is 3. The normalized spacial score (nSPS) is 16.3. The van der Waals surface area contributed by atoms with Crippen LogP contribution in [0.2, 0.25) is 0 Å². The summed E-state index contributed by atoms with van der Waals surface area (Å²) in [5.41, 5.74) is -2.13. The summed E-state index contributed by atoms with van der Waals surface area (Å²) in [6.07, 6.45) is -2.20. The molecular formula is C18H16F4N2O2. The molecule has 2 aromatic rings. The van der Waals surface area contributed by atoms with Gasteiger partial charge in [0, 0.05) is 37.0 Å². The number of amides is 1. The number of fused-ring (bicyclic) bond motifs is 1. The number of aliphatic hydroxyl groups is 1. The van der Waals surface area contributed by atoms with E-state index >= 15 is 0 Å². The number of carbonyl (C=O) groups is 1. The highest BCUT2D eigenvalue weighted by Gasteiger charge is 2.51. The van der Waals surface area contributed by atoms with E-state index < -0.39 is 23.2 Å². The summed E-state index contributed by atoms with van der Waals surface area (Å²) >= 11 is 0. The smallest absolute Gasteiger partial charge is 0.376 e. The number of nitrogens with zero attached hydrogens (tertiary/aromatic N) is 2. The van der Waals surface area contributed by atoms with Crippen LogP contribution in [0.25, 0.3) is 11.1 Å². The van der Waals surface area contributed by atoms with E-state index in [4.69, 9.17) is 0 Å². The van der Waals surface area contributed by atoms with Crippen molar-refractivity contribution < 1.29 is 27.5 Å². The van der Waals surface area contributed by atoms with Crippen molar-refractivity contribution in [1.82, 2.24) is 4.98 Å². The van der Waals surface area contributed by atoms with Crippen molar-refractivity contribution in [2.24, 2.45) is 0 Å². The molecule has 0 saturated heterocycles. The summed E-state index contributed by atoms with van der Waals surface area (Å²) in [6, 6.07) is 3.92. The zero-order chi connectivity index (χ0) is 19.3. The molecule has 2 heterocycles. The maximum atomic E-state index is 14.5. The largest absolute Gasteiger partial charge is 0.421 e. The number of pyridine rings is 1. The molecule has 0 saturated carbocycles. The van der Waals surface area contributed by atoms with Gasteiger partial charge in [-0.25, -0.2) is 4.39 Å². The number of benzene rings is 1. The summed E-state index contributed by atoms with van der Waals surface area (Å²) in [6.45, 7) is 2.34. The van der Waals surface area contributed by atoms with E-state index in [1.165, 1.54) is 18.0 Å². The zero-order valence-electron chi connectivity index (χ0n) is 14.1. The number of rotatable bonds is 2. The molecule has 3 rings (SSSR count). The Hall–Kier alpha value is -2.48. The lowest BCUT2D eigenvalue weighted by atomic mass is 9.94. The maximum absolute atomic E-state index is 14.5. The van der Waals surface area contributed by atoms with Gasteiger partial charge < -0.3 is 10.0 Å². The van der Waals surface area contributed by atoms with Crippen LogP contribution in [0.15, 0.2) is 30.6 Å². The highest BCUT2D eigenvalue weighted by Crippen LogP contribution is 2.40. The summed E-state index contributed by atoms with van der Waals surface area (Å²) < 4.78 is 53.6. The lowest BCUT2D eigenvalue weighted by Gasteiger charge is -2.26. The van der Waals surface area contributed by atoms with Crippen molar-refractivity contribution in [3.8, 4) is 11.1 Å². The van der Waals surface area contributed by atoms with E-state index in [2.05, 4.69) is 4.98 Å². The zero-order valence-corrected chi connectivity index (χ0v) is 14.1. The molecule has 1 atom stereocenters. The Bertz CT molecular complexity index is 878. The molecule has 1 aliphatic heterocycles. The van der Waals surface area contributed by atoms with Gasteiger partial charge in [0.05, 0.1) is 5.69 Å². The Balaban J connectivity index is 2.06. The predicted octanol–water partition coefficient (Wildman–Crippen LogP) is 3.57. The van der Waals surface area contributed by atoms with Gasteiger partial charge in [0.25, 0.3) is 0 Å². The van der Waals surface area contributed by atoms with Crippen LogP contribution in [0.5, 0.6) is 0 Å². The standard InChI is InChI=1S/C18H16F4N2O2/c1-10(25)24-4-3-11-5-12(7-15(19)16(11)24)13-6-14(9-23-8-13)17(2,26)18(20,21)22/h5-9,26H,3-4H2,1-2H3/t17-/m1/s1. The van der Waals surface area contributed by atoms with Crippen LogP contribution < -0.4 is 4.90 Å². The molecular weight excluding hydrogens is 352 g/mol. The van der Waals surface area contributed by atoms with Gasteiger partial charge in [-0.2, -0.15) is 13.2 Å². The Morgan fingerprint density at radius 1 is 1.19 bits per heavy atom. The topological polar surface area (TPSA) is 53.4 Å². The summed E-state index contributed by atoms with van der Waals surface area (Å²) in [5, 5.41) is 9.82. The molecule has 0 aliphatic carbocycles. The second-order valence-corrected chi connectivity index (χ2v) is 6.42. The molecule has 0 spiro atoms. The molecule has 26 heavy (non-hydrogen) atoms. The lowest BCUT2D eigenvalue weighted by molar-refractivity contribution is -0.259. The van der Waals surface area contributed by atoms with Gasteiger partial charge in [0.15, 0.2) is 5.60 Å². The fraction of sp³-hybridized carbons (Fsp3) is 0.333. The Labute approximate surface area is 147 Å². The van der Waals surface area contributed by atoms with Gasteiger partial charge in [-0.15, -0.1) is 0 Å². The van der Waals surface area contributed by atoms with Crippen molar-refractivity contribution >= 4 is 11.6 Å². The van der Waals surface area contributed by atoms with Gasteiger partial charge >= 0.3 is 6.18 Å². The first-order chi connectivity index (χ1) is 12.0. The maximum Gasteiger partial charge on any atom is 0.421 e. The van der Waals surface area contributed by atoms with Gasteiger partial charge in [0.1, 0.15) is 5.82 Å². The average molecular weight is 368 g/mol. The Morgan fingerprint density at radius 3 is 2.50 bits per heavy atom. The van der Waals surface area contributed by atoms with Crippen LogP contribution in [-0.4, -0.2) is 28.7 Å². The highest BCUT2D eigenvalue weighted by molar-refractivity contribution is 5.94. The number of hydrogen-bond donors (Lipinski definition) is 1. The second kappa shape index (κ2) is 6.05. The minimum atomic E-state index is -4.88. The highest BCUT2D eigenvalue weighted by atomic mass is 19.4. The molecule has 8 heteroatoms. The van der Waals surface area contributed by atoms with Gasteiger partial charge in [0.2, 0.25) is 5.91 Å². The van der Waals surface area contributed by atoms with Crippen LogP contribution in [0.4, 0.5) is 23.2 Å². The first-order valence-corrected chi connectivity index (χ1v) is 7.88. The van der Waals surface area contributed by atoms with Crippen LogP contribution in [0.1, 0.15) is 25.0 Å². The summed E-state index contributed by atoms with van der Waals surface area (Å²) in [7, 11) is 0. The van der Waals surface area contributed by atoms with E-state index in [1.54, 1.807) is 6.07 Å². The molecule has 1 N–H and O–H groups in total. The SMILES string of the molecule is CC(=O)N1CCc2cc(-c3cncc([C@@](C)(O)C(F)(F)F)c3)cc(F)c21. The molecule has 0 unspecified atom stereocenters. The van der Waals surface area contributed by atoms with Crippen molar-refractivity contribution in [2.45, 2.75) is 32.0 Å². The van der Waals surface area contributed by atoms with Crippen LogP contribution in [0.3, 0.4) is 0 Å². The number of alkyl halides is 3. The van der Waals surface area contributed by atoms with Gasteiger partial charge in [-0.1, -0.05) is 0 Å². The molecule has 1 aromatic heterocycles. The first kappa shape index (κ1) is 18.3. The summed E-state index contributed by atoms with van der Waals surface area (Å²) in [5.74, 6) is -0.904. The third-order valence-corrected chi connectivity index (χ3v) is 4.58. The number of carbonyl (C=O) groups excluding carboxylic acids is 1. The third kappa shape index (κ3) is 2.94. The van der Waals surface area contributed by atoms with Gasteiger partial charge in [-0.3, -0.25) is 9.78 Å². The van der Waals surface area contributed by atoms with E-state index in [9.17, 15) is 27.5 Å². The van der Waals surface area contributed by atoms with E-state index in [0.29, 0.717) is 31.0 Å². The molecule has 1 aliphatic rings. The first-order valence-electron chi connectivity index (χ1n) is 7.88. The number of anilines is 1. The summed E-state index contributed by atoms with van der Waals surface area (Å²) in [4.78, 5) is 16.7. The Kier molecular flexibility index (Phi) is 4.26. The van der Waals surface area contributed by atoms with E-state index in [-0.39, 0.29) is 17.2 Å². The second-order valence-electron chi connectivity index (χ2n) is 6.42. The quantitative estimate of drug-likeness (QED) is 0.825. The van der Waals surface area contributed by atoms with Crippen molar-refractivity contribution in [1.29, 1.82) is 0 Å². The minimum Gasteiger partial charge on any atom is -0.376 e. The molecule has 0 fully saturated rings. The van der Waals surface area contributed by atoms with Crippen LogP contribution in [0, 0.1) is 5.82 Å². The monoisotopic (exact) mass is 368 g/mol. The van der Waals surface area contributed by atoms with E-state index in [1.807, 2.05) is 0 Å². The fourth-order valence-corrected chi connectivity index (χ4v) is 3.00. The molecule has 4 nitrogen and oxygen atoms in total.